The highest BCUT2D eigenvalue weighted by Gasteiger charge is 2.07. The summed E-state index contributed by atoms with van der Waals surface area (Å²) in [6.45, 7) is 6.94. The summed E-state index contributed by atoms with van der Waals surface area (Å²) in [6.07, 6.45) is 10.0. The molecule has 0 saturated carbocycles. The maximum Gasteiger partial charge on any atom is 0.338 e. The van der Waals surface area contributed by atoms with Crippen LogP contribution in [-0.4, -0.2) is 62.8 Å². The monoisotopic (exact) mass is 557 g/mol. The number of phenolic OH excluding ortho intramolecular Hbond substituents is 1. The van der Waals surface area contributed by atoms with Gasteiger partial charge in [0.15, 0.2) is 11.5 Å². The second-order valence-electron chi connectivity index (χ2n) is 10.1. The largest absolute Gasteiger partial charge is 0.504 e. The van der Waals surface area contributed by atoms with Crippen molar-refractivity contribution in [3.05, 3.63) is 53.6 Å². The van der Waals surface area contributed by atoms with Gasteiger partial charge in [0.05, 0.1) is 12.7 Å². The van der Waals surface area contributed by atoms with Gasteiger partial charge in [-0.2, -0.15) is 0 Å². The molecule has 0 aliphatic heterocycles. The Morgan fingerprint density at radius 1 is 0.900 bits per heavy atom. The molecule has 0 aromatic heterocycles. The van der Waals surface area contributed by atoms with E-state index in [1.807, 2.05) is 31.1 Å². The molecule has 0 atom stereocenters. The van der Waals surface area contributed by atoms with Gasteiger partial charge >= 0.3 is 5.97 Å². The number of carbonyl (C=O) groups excluding carboxylic acids is 2. The number of nitrogens with zero attached hydrogens (tertiary/aromatic N) is 1. The number of hydrogen-bond acceptors (Lipinski definition) is 7. The summed E-state index contributed by atoms with van der Waals surface area (Å²) >= 11 is 0. The third-order valence-electron chi connectivity index (χ3n) is 6.24. The Morgan fingerprint density at radius 2 is 1.57 bits per heavy atom. The third kappa shape index (κ3) is 16.0. The van der Waals surface area contributed by atoms with Crippen molar-refractivity contribution >= 4 is 17.6 Å². The van der Waals surface area contributed by atoms with Crippen molar-refractivity contribution in [2.24, 2.45) is 0 Å². The Balaban J connectivity index is 0.000000402. The van der Waals surface area contributed by atoms with E-state index < -0.39 is 0 Å². The van der Waals surface area contributed by atoms with E-state index in [0.29, 0.717) is 30.9 Å². The first-order chi connectivity index (χ1) is 19.3. The fourth-order valence-electron chi connectivity index (χ4n) is 3.72. The maximum atomic E-state index is 11.7. The fraction of sp³-hybridized carbons (Fsp3) is 0.562. The van der Waals surface area contributed by atoms with Crippen LogP contribution in [0.2, 0.25) is 0 Å². The van der Waals surface area contributed by atoms with Gasteiger partial charge in [-0.05, 0) is 68.9 Å². The van der Waals surface area contributed by atoms with E-state index in [-0.39, 0.29) is 17.6 Å². The van der Waals surface area contributed by atoms with Crippen molar-refractivity contribution in [1.82, 2.24) is 10.2 Å². The van der Waals surface area contributed by atoms with Crippen molar-refractivity contribution in [2.75, 3.05) is 46.2 Å². The zero-order chi connectivity index (χ0) is 29.6. The zero-order valence-corrected chi connectivity index (χ0v) is 25.3. The summed E-state index contributed by atoms with van der Waals surface area (Å²) in [5, 5.41) is 15.7. The zero-order valence-electron chi connectivity index (χ0n) is 25.3. The molecule has 0 unspecified atom stereocenters. The van der Waals surface area contributed by atoms with Crippen LogP contribution in [0.25, 0.3) is 0 Å². The smallest absolute Gasteiger partial charge is 0.338 e. The number of anilines is 1. The predicted molar refractivity (Wildman–Crippen MR) is 163 cm³/mol. The number of amides is 1. The van der Waals surface area contributed by atoms with Gasteiger partial charge in [0.1, 0.15) is 6.61 Å². The van der Waals surface area contributed by atoms with Crippen LogP contribution in [0.4, 0.5) is 5.69 Å². The number of methoxy groups -OCH3 is 1. The first-order valence-electron chi connectivity index (χ1n) is 14.6. The Bertz CT molecular complexity index is 964. The molecule has 2 aromatic carbocycles. The molecule has 0 spiro atoms. The lowest BCUT2D eigenvalue weighted by molar-refractivity contribution is -0.121. The number of ether oxygens (including phenoxy) is 2. The molecule has 0 radical (unpaired) electrons. The minimum absolute atomic E-state index is 0.0810. The highest BCUT2D eigenvalue weighted by Crippen LogP contribution is 2.26. The number of unbranched alkanes of at least 4 members (excludes halogenated alkanes) is 6. The molecule has 8 nitrogen and oxygen atoms in total. The predicted octanol–water partition coefficient (Wildman–Crippen LogP) is 6.38. The molecule has 40 heavy (non-hydrogen) atoms. The Morgan fingerprint density at radius 3 is 2.23 bits per heavy atom. The van der Waals surface area contributed by atoms with Crippen LogP contribution < -0.4 is 15.4 Å². The summed E-state index contributed by atoms with van der Waals surface area (Å²) in [5.74, 6) is 0.358. The van der Waals surface area contributed by atoms with E-state index in [1.54, 1.807) is 30.3 Å². The van der Waals surface area contributed by atoms with Crippen molar-refractivity contribution in [3.8, 4) is 11.5 Å². The Labute approximate surface area is 241 Å². The summed E-state index contributed by atoms with van der Waals surface area (Å²) in [7, 11) is 5.41. The molecular formula is C32H51N3O5. The average Bonchev–Trinajstić information content (AvgIpc) is 2.95. The molecule has 2 rings (SSSR count). The average molecular weight is 558 g/mol. The van der Waals surface area contributed by atoms with E-state index in [9.17, 15) is 14.7 Å². The van der Waals surface area contributed by atoms with E-state index in [0.717, 1.165) is 43.6 Å². The summed E-state index contributed by atoms with van der Waals surface area (Å²) in [6, 6.07) is 12.5. The normalized spacial score (nSPS) is 10.4. The van der Waals surface area contributed by atoms with E-state index in [1.165, 1.54) is 39.2 Å². The number of hydrogen-bond donors (Lipinski definition) is 3. The van der Waals surface area contributed by atoms with Crippen LogP contribution in [0.1, 0.15) is 87.6 Å². The van der Waals surface area contributed by atoms with Crippen molar-refractivity contribution in [1.29, 1.82) is 0 Å². The number of rotatable bonds is 18. The van der Waals surface area contributed by atoms with Gasteiger partial charge in [-0.3, -0.25) is 4.79 Å². The van der Waals surface area contributed by atoms with E-state index >= 15 is 0 Å². The van der Waals surface area contributed by atoms with Crippen LogP contribution in [0, 0.1) is 0 Å². The van der Waals surface area contributed by atoms with Crippen molar-refractivity contribution in [2.45, 2.75) is 78.2 Å². The number of phenols is 1. The summed E-state index contributed by atoms with van der Waals surface area (Å²) < 4.78 is 10.2. The van der Waals surface area contributed by atoms with Gasteiger partial charge in [-0.25, -0.2) is 4.79 Å². The first-order valence-corrected chi connectivity index (χ1v) is 14.6. The highest BCUT2D eigenvalue weighted by atomic mass is 16.5. The van der Waals surface area contributed by atoms with Crippen LogP contribution in [0.3, 0.4) is 0 Å². The topological polar surface area (TPSA) is 100 Å². The van der Waals surface area contributed by atoms with Gasteiger partial charge in [-0.15, -0.1) is 0 Å². The van der Waals surface area contributed by atoms with Gasteiger partial charge < -0.3 is 30.1 Å². The number of likely N-dealkylation sites (N-methyl/N-ethyl adjacent to an activating group) is 1. The molecule has 2 aromatic rings. The lowest BCUT2D eigenvalue weighted by atomic mass is 10.1. The maximum absolute atomic E-state index is 11.7. The van der Waals surface area contributed by atoms with Gasteiger partial charge in [-0.1, -0.05) is 58.4 Å². The lowest BCUT2D eigenvalue weighted by Crippen LogP contribution is -2.22. The number of carbonyl (C=O) groups is 2. The van der Waals surface area contributed by atoms with Crippen molar-refractivity contribution < 1.29 is 24.2 Å². The van der Waals surface area contributed by atoms with Crippen LogP contribution in [0.15, 0.2) is 42.5 Å². The third-order valence-corrected chi connectivity index (χ3v) is 6.24. The standard InChI is InChI=1S/C17H27NO3.C15H24N2O2/c1-3-4-5-6-7-8-9-17(20)18-13-14-10-11-15(19)16(12-14)21-2;1-4-5-10-16-14-8-6-13(7-9-14)15(18)19-12-11-17(2)3/h10-12,19H,3-9,13H2,1-2H3,(H,18,20);6-9,16H,4-5,10-12H2,1-3H3. The molecule has 1 amide bonds. The number of nitrogens with one attached hydrogen (secondary N) is 2. The first kappa shape index (κ1) is 34.8. The van der Waals surface area contributed by atoms with Crippen LogP contribution in [-0.2, 0) is 16.1 Å². The molecule has 224 valence electrons. The molecule has 8 heteroatoms. The molecule has 0 bridgehead atoms. The van der Waals surface area contributed by atoms with Gasteiger partial charge in [0.2, 0.25) is 5.91 Å². The molecular weight excluding hydrogens is 506 g/mol. The molecule has 0 fully saturated rings. The van der Waals surface area contributed by atoms with Crippen LogP contribution >= 0.6 is 0 Å². The Kier molecular flexibility index (Phi) is 18.7. The highest BCUT2D eigenvalue weighted by molar-refractivity contribution is 5.89. The minimum atomic E-state index is -0.262. The Hall–Kier alpha value is -3.26. The second kappa shape index (κ2) is 21.5. The molecule has 0 heterocycles. The number of esters is 1. The number of benzene rings is 2. The van der Waals surface area contributed by atoms with Gasteiger partial charge in [0, 0.05) is 31.7 Å². The molecule has 3 N–H and O–H groups in total. The SMILES string of the molecule is CCCCCCCCC(=O)NCc1ccc(O)c(OC)c1.CCCCNc1ccc(C(=O)OCCN(C)C)cc1. The summed E-state index contributed by atoms with van der Waals surface area (Å²) in [5.41, 5.74) is 2.55. The lowest BCUT2D eigenvalue weighted by Gasteiger charge is -2.10. The molecule has 0 aliphatic rings. The fourth-order valence-corrected chi connectivity index (χ4v) is 3.72. The van der Waals surface area contributed by atoms with E-state index in [2.05, 4.69) is 24.5 Å². The van der Waals surface area contributed by atoms with Gasteiger partial charge in [0.25, 0.3) is 0 Å². The quantitative estimate of drug-likeness (QED) is 0.144. The second-order valence-corrected chi connectivity index (χ2v) is 10.1. The van der Waals surface area contributed by atoms with Crippen molar-refractivity contribution in [3.63, 3.8) is 0 Å². The van der Waals surface area contributed by atoms with Crippen LogP contribution in [0.5, 0.6) is 11.5 Å². The molecule has 0 aliphatic carbocycles. The van der Waals surface area contributed by atoms with E-state index in [4.69, 9.17) is 9.47 Å². The minimum Gasteiger partial charge on any atom is -0.504 e. The molecule has 0 saturated heterocycles. The summed E-state index contributed by atoms with van der Waals surface area (Å²) in [4.78, 5) is 25.5. The number of aromatic hydroxyl groups is 1.